The van der Waals surface area contributed by atoms with Crippen molar-refractivity contribution in [2.45, 2.75) is 31.6 Å². The normalized spacial score (nSPS) is 12.3. The van der Waals surface area contributed by atoms with Gasteiger partial charge in [0.1, 0.15) is 5.82 Å². The van der Waals surface area contributed by atoms with Gasteiger partial charge in [-0.05, 0) is 31.5 Å². The van der Waals surface area contributed by atoms with Crippen molar-refractivity contribution in [2.75, 3.05) is 17.9 Å². The SMILES string of the molecule is CC(C)n1nccc1NC(=O)CSc1nnc(-c2ccccc2)n1Cc1ccc2c(c1)OCO2. The Hall–Kier alpha value is -3.79. The molecule has 0 fully saturated rings. The van der Waals surface area contributed by atoms with Crippen LogP contribution in [0.2, 0.25) is 0 Å². The molecule has 2 aromatic heterocycles. The number of nitrogens with zero attached hydrogens (tertiary/aromatic N) is 5. The average molecular weight is 477 g/mol. The van der Waals surface area contributed by atoms with Gasteiger partial charge in [0.25, 0.3) is 0 Å². The van der Waals surface area contributed by atoms with E-state index in [1.165, 1.54) is 11.8 Å². The van der Waals surface area contributed by atoms with E-state index in [2.05, 4.69) is 20.6 Å². The molecule has 0 saturated carbocycles. The van der Waals surface area contributed by atoms with Crippen LogP contribution in [0.25, 0.3) is 11.4 Å². The van der Waals surface area contributed by atoms with E-state index in [9.17, 15) is 4.79 Å². The third-order valence-corrected chi connectivity index (χ3v) is 6.25. The number of carbonyl (C=O) groups excluding carboxylic acids is 1. The zero-order chi connectivity index (χ0) is 23.5. The van der Waals surface area contributed by atoms with Crippen LogP contribution < -0.4 is 14.8 Å². The predicted molar refractivity (Wildman–Crippen MR) is 129 cm³/mol. The minimum absolute atomic E-state index is 0.133. The molecule has 1 amide bonds. The molecule has 10 heteroatoms. The molecular weight excluding hydrogens is 452 g/mol. The summed E-state index contributed by atoms with van der Waals surface area (Å²) in [5.74, 6) is 2.93. The highest BCUT2D eigenvalue weighted by Crippen LogP contribution is 2.33. The van der Waals surface area contributed by atoms with Gasteiger partial charge in [-0.2, -0.15) is 5.10 Å². The molecule has 9 nitrogen and oxygen atoms in total. The molecule has 5 rings (SSSR count). The first kappa shape index (κ1) is 22.0. The maximum absolute atomic E-state index is 12.7. The maximum Gasteiger partial charge on any atom is 0.235 e. The van der Waals surface area contributed by atoms with Crippen molar-refractivity contribution in [2.24, 2.45) is 0 Å². The molecule has 4 aromatic rings. The van der Waals surface area contributed by atoms with Crippen LogP contribution in [0.15, 0.2) is 66.0 Å². The highest BCUT2D eigenvalue weighted by atomic mass is 32.2. The zero-order valence-electron chi connectivity index (χ0n) is 18.8. The molecule has 0 atom stereocenters. The second kappa shape index (κ2) is 9.60. The standard InChI is InChI=1S/C24H24N6O3S/c1-16(2)30-21(10-11-25-30)26-22(31)14-34-24-28-27-23(18-6-4-3-5-7-18)29(24)13-17-8-9-19-20(12-17)33-15-32-19/h3-12,16H,13-15H2,1-2H3,(H,26,31). The molecule has 1 aliphatic rings. The van der Waals surface area contributed by atoms with E-state index in [1.54, 1.807) is 16.9 Å². The molecule has 3 heterocycles. The summed E-state index contributed by atoms with van der Waals surface area (Å²) in [4.78, 5) is 12.7. The van der Waals surface area contributed by atoms with Gasteiger partial charge < -0.3 is 14.8 Å². The molecule has 0 spiro atoms. The van der Waals surface area contributed by atoms with Gasteiger partial charge in [-0.15, -0.1) is 10.2 Å². The summed E-state index contributed by atoms with van der Waals surface area (Å²) in [6.07, 6.45) is 1.68. The summed E-state index contributed by atoms with van der Waals surface area (Å²) >= 11 is 1.34. The number of hydrogen-bond acceptors (Lipinski definition) is 7. The van der Waals surface area contributed by atoms with Crippen LogP contribution in [-0.2, 0) is 11.3 Å². The van der Waals surface area contributed by atoms with Crippen LogP contribution >= 0.6 is 11.8 Å². The molecule has 34 heavy (non-hydrogen) atoms. The van der Waals surface area contributed by atoms with Crippen molar-refractivity contribution in [3.63, 3.8) is 0 Å². The van der Waals surface area contributed by atoms with Crippen molar-refractivity contribution in [1.82, 2.24) is 24.5 Å². The maximum atomic E-state index is 12.7. The number of fused-ring (bicyclic) bond motifs is 1. The number of rotatable bonds is 8. The van der Waals surface area contributed by atoms with Crippen LogP contribution in [0.5, 0.6) is 11.5 Å². The lowest BCUT2D eigenvalue weighted by Gasteiger charge is -2.12. The second-order valence-corrected chi connectivity index (χ2v) is 8.98. The quantitative estimate of drug-likeness (QED) is 0.380. The Bertz CT molecular complexity index is 1300. The summed E-state index contributed by atoms with van der Waals surface area (Å²) in [5.41, 5.74) is 1.97. The first-order valence-corrected chi connectivity index (χ1v) is 11.9. The van der Waals surface area contributed by atoms with Gasteiger partial charge in [0.05, 0.1) is 18.5 Å². The predicted octanol–water partition coefficient (Wildman–Crippen LogP) is 4.23. The van der Waals surface area contributed by atoms with E-state index in [1.807, 2.05) is 66.9 Å². The van der Waals surface area contributed by atoms with Crippen LogP contribution in [0.1, 0.15) is 25.5 Å². The number of anilines is 1. The number of ether oxygens (including phenoxy) is 2. The fraction of sp³-hybridized carbons (Fsp3) is 0.250. The third kappa shape index (κ3) is 4.62. The number of thioether (sulfide) groups is 1. The number of hydrogen-bond donors (Lipinski definition) is 1. The molecular formula is C24H24N6O3S. The molecule has 0 unspecified atom stereocenters. The monoisotopic (exact) mass is 476 g/mol. The van der Waals surface area contributed by atoms with E-state index in [4.69, 9.17) is 9.47 Å². The smallest absolute Gasteiger partial charge is 0.235 e. The first-order valence-electron chi connectivity index (χ1n) is 10.9. The molecule has 2 aromatic carbocycles. The van der Waals surface area contributed by atoms with Gasteiger partial charge in [0.2, 0.25) is 12.7 Å². The van der Waals surface area contributed by atoms with Crippen LogP contribution in [0.3, 0.4) is 0 Å². The summed E-state index contributed by atoms with van der Waals surface area (Å²) in [7, 11) is 0. The summed E-state index contributed by atoms with van der Waals surface area (Å²) in [5, 5.41) is 16.7. The fourth-order valence-corrected chi connectivity index (χ4v) is 4.43. The van der Waals surface area contributed by atoms with Crippen molar-refractivity contribution in [3.8, 4) is 22.9 Å². The lowest BCUT2D eigenvalue weighted by Crippen LogP contribution is -2.18. The second-order valence-electron chi connectivity index (χ2n) is 8.04. The largest absolute Gasteiger partial charge is 0.454 e. The summed E-state index contributed by atoms with van der Waals surface area (Å²) in [6, 6.07) is 17.7. The third-order valence-electron chi connectivity index (χ3n) is 5.29. The van der Waals surface area contributed by atoms with Gasteiger partial charge >= 0.3 is 0 Å². The number of benzene rings is 2. The van der Waals surface area contributed by atoms with E-state index in [0.717, 1.165) is 28.5 Å². The number of aromatic nitrogens is 5. The van der Waals surface area contributed by atoms with Gasteiger partial charge in [0.15, 0.2) is 22.5 Å². The van der Waals surface area contributed by atoms with Gasteiger partial charge in [-0.25, -0.2) is 4.68 Å². The molecule has 1 N–H and O–H groups in total. The van der Waals surface area contributed by atoms with Crippen molar-refractivity contribution in [1.29, 1.82) is 0 Å². The molecule has 0 saturated heterocycles. The minimum Gasteiger partial charge on any atom is -0.454 e. The number of nitrogens with one attached hydrogen (secondary N) is 1. The van der Waals surface area contributed by atoms with Crippen molar-refractivity contribution in [3.05, 3.63) is 66.4 Å². The summed E-state index contributed by atoms with van der Waals surface area (Å²) < 4.78 is 14.8. The minimum atomic E-state index is -0.133. The van der Waals surface area contributed by atoms with Gasteiger partial charge in [-0.3, -0.25) is 9.36 Å². The molecule has 174 valence electrons. The molecule has 1 aliphatic heterocycles. The van der Waals surface area contributed by atoms with Gasteiger partial charge in [0, 0.05) is 17.7 Å². The Morgan fingerprint density at radius 2 is 1.91 bits per heavy atom. The van der Waals surface area contributed by atoms with Crippen LogP contribution in [0, 0.1) is 0 Å². The zero-order valence-corrected chi connectivity index (χ0v) is 19.7. The van der Waals surface area contributed by atoms with E-state index < -0.39 is 0 Å². The first-order chi connectivity index (χ1) is 16.6. The Morgan fingerprint density at radius 1 is 1.09 bits per heavy atom. The number of amides is 1. The Balaban J connectivity index is 1.37. The lowest BCUT2D eigenvalue weighted by atomic mass is 10.2. The van der Waals surface area contributed by atoms with Gasteiger partial charge in [-0.1, -0.05) is 48.2 Å². The van der Waals surface area contributed by atoms with Crippen molar-refractivity contribution >= 4 is 23.5 Å². The Morgan fingerprint density at radius 3 is 2.74 bits per heavy atom. The molecule has 0 aliphatic carbocycles. The highest BCUT2D eigenvalue weighted by Gasteiger charge is 2.19. The van der Waals surface area contributed by atoms with E-state index >= 15 is 0 Å². The van der Waals surface area contributed by atoms with Crippen LogP contribution in [0.4, 0.5) is 5.82 Å². The van der Waals surface area contributed by atoms with E-state index in [0.29, 0.717) is 17.5 Å². The lowest BCUT2D eigenvalue weighted by molar-refractivity contribution is -0.113. The topological polar surface area (TPSA) is 96.1 Å². The molecule has 0 radical (unpaired) electrons. The number of carbonyl (C=O) groups is 1. The Kier molecular flexibility index (Phi) is 6.22. The fourth-order valence-electron chi connectivity index (χ4n) is 3.69. The van der Waals surface area contributed by atoms with Crippen molar-refractivity contribution < 1.29 is 14.3 Å². The average Bonchev–Trinajstić information content (AvgIpc) is 3.58. The summed E-state index contributed by atoms with van der Waals surface area (Å²) in [6.45, 7) is 4.78. The van der Waals surface area contributed by atoms with Crippen LogP contribution in [-0.4, -0.2) is 43.0 Å². The highest BCUT2D eigenvalue weighted by molar-refractivity contribution is 7.99. The Labute approximate surface area is 201 Å². The molecule has 0 bridgehead atoms. The van der Waals surface area contributed by atoms with E-state index in [-0.39, 0.29) is 24.5 Å².